The molecule has 0 saturated carbocycles. The number of piperidine rings is 1. The van der Waals surface area contributed by atoms with E-state index in [-0.39, 0.29) is 18.6 Å². The molecule has 5 nitrogen and oxygen atoms in total. The number of aliphatic hydroxyl groups excluding tert-OH is 1. The van der Waals surface area contributed by atoms with Gasteiger partial charge in [-0.15, -0.1) is 0 Å². The molecule has 2 saturated heterocycles. The topological polar surface area (TPSA) is 61.8 Å². The highest BCUT2D eigenvalue weighted by Crippen LogP contribution is 2.22. The van der Waals surface area contributed by atoms with Crippen molar-refractivity contribution >= 4 is 5.91 Å². The fourth-order valence-electron chi connectivity index (χ4n) is 2.84. The summed E-state index contributed by atoms with van der Waals surface area (Å²) in [6.45, 7) is 5.97. The van der Waals surface area contributed by atoms with Gasteiger partial charge in [-0.25, -0.2) is 0 Å². The van der Waals surface area contributed by atoms with Gasteiger partial charge in [-0.1, -0.05) is 6.92 Å². The standard InChI is InChI=1S/C13H24N2O3/c1-10-8-14-9-12(10)13(17)15-4-2-11(3-5-15)18-7-6-16/h10-12,14,16H,2-9H2,1H3. The zero-order chi connectivity index (χ0) is 13.0. The minimum atomic E-state index is 0.0738. The highest BCUT2D eigenvalue weighted by Gasteiger charge is 2.34. The number of hydrogen-bond donors (Lipinski definition) is 2. The summed E-state index contributed by atoms with van der Waals surface area (Å²) in [6, 6.07) is 0. The van der Waals surface area contributed by atoms with Crippen molar-refractivity contribution < 1.29 is 14.6 Å². The first-order chi connectivity index (χ1) is 8.72. The minimum Gasteiger partial charge on any atom is -0.394 e. The third kappa shape index (κ3) is 3.22. The van der Waals surface area contributed by atoms with E-state index in [1.807, 2.05) is 4.90 Å². The summed E-state index contributed by atoms with van der Waals surface area (Å²) in [4.78, 5) is 14.3. The summed E-state index contributed by atoms with van der Waals surface area (Å²) in [5.74, 6) is 0.897. The fourth-order valence-corrected chi connectivity index (χ4v) is 2.84. The molecule has 0 bridgehead atoms. The van der Waals surface area contributed by atoms with Crippen LogP contribution >= 0.6 is 0 Å². The largest absolute Gasteiger partial charge is 0.394 e. The number of likely N-dealkylation sites (tertiary alicyclic amines) is 1. The van der Waals surface area contributed by atoms with Gasteiger partial charge in [0.25, 0.3) is 0 Å². The average Bonchev–Trinajstić information content (AvgIpc) is 2.82. The molecule has 0 aliphatic carbocycles. The Bertz CT molecular complexity index is 277. The van der Waals surface area contributed by atoms with E-state index < -0.39 is 0 Å². The molecule has 0 aromatic rings. The van der Waals surface area contributed by atoms with E-state index in [1.54, 1.807) is 0 Å². The molecule has 2 N–H and O–H groups in total. The quantitative estimate of drug-likeness (QED) is 0.734. The van der Waals surface area contributed by atoms with Gasteiger partial charge in [0, 0.05) is 19.6 Å². The minimum absolute atomic E-state index is 0.0738. The van der Waals surface area contributed by atoms with E-state index in [2.05, 4.69) is 12.2 Å². The molecule has 2 heterocycles. The maximum Gasteiger partial charge on any atom is 0.227 e. The monoisotopic (exact) mass is 256 g/mol. The summed E-state index contributed by atoms with van der Waals surface area (Å²) in [5.41, 5.74) is 0. The van der Waals surface area contributed by atoms with Gasteiger partial charge in [0.1, 0.15) is 0 Å². The Kier molecular flexibility index (Phi) is 4.97. The number of hydrogen-bond acceptors (Lipinski definition) is 4. The van der Waals surface area contributed by atoms with Crippen molar-refractivity contribution in [1.29, 1.82) is 0 Å². The fraction of sp³-hybridized carbons (Fsp3) is 0.923. The van der Waals surface area contributed by atoms with Crippen molar-refractivity contribution in [3.63, 3.8) is 0 Å². The first-order valence-corrected chi connectivity index (χ1v) is 6.94. The molecule has 2 fully saturated rings. The third-order valence-electron chi connectivity index (χ3n) is 4.03. The highest BCUT2D eigenvalue weighted by molar-refractivity contribution is 5.79. The van der Waals surface area contributed by atoms with Crippen LogP contribution in [0.1, 0.15) is 19.8 Å². The Morgan fingerprint density at radius 3 is 2.67 bits per heavy atom. The Hall–Kier alpha value is -0.650. The molecular formula is C13H24N2O3. The van der Waals surface area contributed by atoms with Crippen molar-refractivity contribution in [2.45, 2.75) is 25.9 Å². The second-order valence-electron chi connectivity index (χ2n) is 5.36. The van der Waals surface area contributed by atoms with Crippen LogP contribution < -0.4 is 5.32 Å². The molecular weight excluding hydrogens is 232 g/mol. The van der Waals surface area contributed by atoms with Crippen LogP contribution in [0.3, 0.4) is 0 Å². The van der Waals surface area contributed by atoms with E-state index in [9.17, 15) is 4.79 Å². The number of carbonyl (C=O) groups is 1. The lowest BCUT2D eigenvalue weighted by molar-refractivity contribution is -0.138. The van der Waals surface area contributed by atoms with Crippen LogP contribution in [0.2, 0.25) is 0 Å². The van der Waals surface area contributed by atoms with Gasteiger partial charge in [0.2, 0.25) is 5.91 Å². The number of rotatable bonds is 4. The molecule has 2 rings (SSSR count). The molecule has 104 valence electrons. The summed E-state index contributed by atoms with van der Waals surface area (Å²) in [7, 11) is 0. The SMILES string of the molecule is CC1CNCC1C(=O)N1CCC(OCCO)CC1. The molecule has 0 aromatic heterocycles. The first-order valence-electron chi connectivity index (χ1n) is 6.94. The highest BCUT2D eigenvalue weighted by atomic mass is 16.5. The van der Waals surface area contributed by atoms with Crippen LogP contribution in [0.5, 0.6) is 0 Å². The van der Waals surface area contributed by atoms with Gasteiger partial charge in [-0.2, -0.15) is 0 Å². The van der Waals surface area contributed by atoms with Crippen LogP contribution in [-0.4, -0.2) is 61.4 Å². The average molecular weight is 256 g/mol. The molecule has 2 unspecified atom stereocenters. The molecule has 2 aliphatic rings. The van der Waals surface area contributed by atoms with Crippen LogP contribution in [0.15, 0.2) is 0 Å². The maximum atomic E-state index is 12.3. The Labute approximate surface area is 108 Å². The number of nitrogens with zero attached hydrogens (tertiary/aromatic N) is 1. The number of ether oxygens (including phenoxy) is 1. The number of carbonyl (C=O) groups excluding carboxylic acids is 1. The second-order valence-corrected chi connectivity index (χ2v) is 5.36. The van der Waals surface area contributed by atoms with Crippen molar-refractivity contribution in [3.8, 4) is 0 Å². The van der Waals surface area contributed by atoms with Gasteiger partial charge in [-0.05, 0) is 25.3 Å². The van der Waals surface area contributed by atoms with Gasteiger partial charge >= 0.3 is 0 Å². The summed E-state index contributed by atoms with van der Waals surface area (Å²) < 4.78 is 5.51. The van der Waals surface area contributed by atoms with Gasteiger partial charge in [-0.3, -0.25) is 4.79 Å². The summed E-state index contributed by atoms with van der Waals surface area (Å²) >= 11 is 0. The van der Waals surface area contributed by atoms with E-state index >= 15 is 0 Å². The molecule has 2 atom stereocenters. The van der Waals surface area contributed by atoms with Crippen LogP contribution in [-0.2, 0) is 9.53 Å². The van der Waals surface area contributed by atoms with Gasteiger partial charge < -0.3 is 20.1 Å². The zero-order valence-corrected chi connectivity index (χ0v) is 11.1. The number of nitrogens with one attached hydrogen (secondary N) is 1. The van der Waals surface area contributed by atoms with E-state index in [4.69, 9.17) is 9.84 Å². The van der Waals surface area contributed by atoms with Gasteiger partial charge in [0.05, 0.1) is 25.2 Å². The Balaban J connectivity index is 1.77. The maximum absolute atomic E-state index is 12.3. The number of amides is 1. The lowest BCUT2D eigenvalue weighted by Gasteiger charge is -2.34. The molecule has 0 spiro atoms. The Morgan fingerprint density at radius 1 is 1.39 bits per heavy atom. The number of aliphatic hydroxyl groups is 1. The van der Waals surface area contributed by atoms with E-state index in [0.717, 1.165) is 39.0 Å². The molecule has 0 radical (unpaired) electrons. The molecule has 18 heavy (non-hydrogen) atoms. The molecule has 5 heteroatoms. The summed E-state index contributed by atoms with van der Waals surface area (Å²) in [6.07, 6.45) is 1.99. The Morgan fingerprint density at radius 2 is 2.11 bits per heavy atom. The van der Waals surface area contributed by atoms with Crippen molar-refractivity contribution in [1.82, 2.24) is 10.2 Å². The lowest BCUT2D eigenvalue weighted by atomic mass is 9.95. The summed E-state index contributed by atoms with van der Waals surface area (Å²) in [5, 5.41) is 12.0. The third-order valence-corrected chi connectivity index (χ3v) is 4.03. The van der Waals surface area contributed by atoms with Crippen LogP contribution in [0.4, 0.5) is 0 Å². The normalized spacial score (nSPS) is 29.8. The van der Waals surface area contributed by atoms with Crippen molar-refractivity contribution in [2.75, 3.05) is 39.4 Å². The molecule has 1 amide bonds. The van der Waals surface area contributed by atoms with Crippen LogP contribution in [0.25, 0.3) is 0 Å². The predicted octanol–water partition coefficient (Wildman–Crippen LogP) is -0.158. The first kappa shape index (κ1) is 13.8. The van der Waals surface area contributed by atoms with E-state index in [0.29, 0.717) is 18.4 Å². The smallest absolute Gasteiger partial charge is 0.227 e. The zero-order valence-electron chi connectivity index (χ0n) is 11.1. The molecule has 0 aromatic carbocycles. The van der Waals surface area contributed by atoms with Gasteiger partial charge in [0.15, 0.2) is 0 Å². The van der Waals surface area contributed by atoms with Crippen molar-refractivity contribution in [3.05, 3.63) is 0 Å². The lowest BCUT2D eigenvalue weighted by Crippen LogP contribution is -2.45. The van der Waals surface area contributed by atoms with E-state index in [1.165, 1.54) is 0 Å². The molecule has 2 aliphatic heterocycles. The van der Waals surface area contributed by atoms with Crippen molar-refractivity contribution in [2.24, 2.45) is 11.8 Å². The van der Waals surface area contributed by atoms with Crippen LogP contribution in [0, 0.1) is 11.8 Å². The predicted molar refractivity (Wildman–Crippen MR) is 68.2 cm³/mol. The second kappa shape index (κ2) is 6.50.